The molecule has 0 aliphatic carbocycles. The molecule has 10 aromatic carbocycles. The molecule has 264 valence electrons. The van der Waals surface area contributed by atoms with E-state index in [0.29, 0.717) is 0 Å². The lowest BCUT2D eigenvalue weighted by atomic mass is 9.85. The highest BCUT2D eigenvalue weighted by atomic mass is 32.1. The molecule has 0 amide bonds. The molecule has 0 saturated heterocycles. The monoisotopic (exact) mass is 742 g/mol. The molecule has 0 bridgehead atoms. The van der Waals surface area contributed by atoms with Crippen LogP contribution in [0.3, 0.4) is 0 Å². The average Bonchev–Trinajstić information content (AvgIpc) is 3.95. The van der Waals surface area contributed by atoms with E-state index in [0.717, 1.165) is 55.0 Å². The number of benzene rings is 10. The molecule has 0 aliphatic heterocycles. The van der Waals surface area contributed by atoms with Gasteiger partial charge in [-0.25, -0.2) is 0 Å². The van der Waals surface area contributed by atoms with E-state index < -0.39 is 0 Å². The highest BCUT2D eigenvalue weighted by molar-refractivity contribution is 7.25. The van der Waals surface area contributed by atoms with E-state index in [1.54, 1.807) is 0 Å². The van der Waals surface area contributed by atoms with Crippen molar-refractivity contribution in [3.05, 3.63) is 182 Å². The van der Waals surface area contributed by atoms with Crippen LogP contribution in [0.15, 0.2) is 191 Å². The SMILES string of the molecule is c1ccc2c(c1)oc1cc3c(cc12)oc1cc(-c2ccc(-c4c5ccccc5c(-c5ccc6sc7ccccc7c6c5)c5ccccc45)cc2)c2ccccc2c13. The van der Waals surface area contributed by atoms with Crippen molar-refractivity contribution in [1.29, 1.82) is 0 Å². The highest BCUT2D eigenvalue weighted by Gasteiger charge is 2.20. The van der Waals surface area contributed by atoms with Gasteiger partial charge in [-0.2, -0.15) is 0 Å². The zero-order chi connectivity index (χ0) is 37.2. The third-order valence-corrected chi connectivity index (χ3v) is 13.2. The Kier molecular flexibility index (Phi) is 6.35. The minimum absolute atomic E-state index is 0.868. The van der Waals surface area contributed by atoms with E-state index in [1.165, 1.54) is 74.7 Å². The lowest BCUT2D eigenvalue weighted by molar-refractivity contribution is 0.664. The maximum Gasteiger partial charge on any atom is 0.136 e. The predicted octanol–water partition coefficient (Wildman–Crippen LogP) is 16.3. The first-order valence-corrected chi connectivity index (χ1v) is 20.2. The lowest BCUT2D eigenvalue weighted by Gasteiger charge is -2.18. The maximum atomic E-state index is 6.69. The van der Waals surface area contributed by atoms with E-state index in [4.69, 9.17) is 8.83 Å². The molecule has 13 aromatic rings. The quantitative estimate of drug-likeness (QED) is 0.169. The summed E-state index contributed by atoms with van der Waals surface area (Å²) in [4.78, 5) is 0. The Balaban J connectivity index is 0.984. The normalized spacial score (nSPS) is 12.2. The summed E-state index contributed by atoms with van der Waals surface area (Å²) in [6.45, 7) is 0. The predicted molar refractivity (Wildman–Crippen MR) is 243 cm³/mol. The molecule has 0 atom stereocenters. The molecule has 0 aliphatic rings. The van der Waals surface area contributed by atoms with E-state index in [2.05, 4.69) is 170 Å². The fraction of sp³-hybridized carbons (Fsp3) is 0. The van der Waals surface area contributed by atoms with Crippen molar-refractivity contribution in [3.8, 4) is 33.4 Å². The summed E-state index contributed by atoms with van der Waals surface area (Å²) in [6, 6.07) is 66.2. The third kappa shape index (κ3) is 4.46. The molecule has 57 heavy (non-hydrogen) atoms. The van der Waals surface area contributed by atoms with Crippen LogP contribution in [0.25, 0.3) is 130 Å². The van der Waals surface area contributed by atoms with Crippen LogP contribution in [-0.2, 0) is 0 Å². The number of fused-ring (bicyclic) bond motifs is 13. The third-order valence-electron chi connectivity index (χ3n) is 12.1. The van der Waals surface area contributed by atoms with Crippen molar-refractivity contribution >= 4 is 108 Å². The zero-order valence-corrected chi connectivity index (χ0v) is 31.4. The summed E-state index contributed by atoms with van der Waals surface area (Å²) in [6.07, 6.45) is 0. The van der Waals surface area contributed by atoms with Crippen LogP contribution in [0, 0.1) is 0 Å². The van der Waals surface area contributed by atoms with Gasteiger partial charge in [0.05, 0.1) is 0 Å². The van der Waals surface area contributed by atoms with Gasteiger partial charge in [0.2, 0.25) is 0 Å². The van der Waals surface area contributed by atoms with Crippen molar-refractivity contribution in [2.75, 3.05) is 0 Å². The molecular weight excluding hydrogens is 713 g/mol. The molecule has 0 N–H and O–H groups in total. The van der Waals surface area contributed by atoms with Crippen molar-refractivity contribution in [2.45, 2.75) is 0 Å². The van der Waals surface area contributed by atoms with Crippen molar-refractivity contribution < 1.29 is 8.83 Å². The minimum Gasteiger partial charge on any atom is -0.456 e. The Morgan fingerprint density at radius 3 is 1.53 bits per heavy atom. The van der Waals surface area contributed by atoms with Gasteiger partial charge in [0, 0.05) is 41.7 Å². The van der Waals surface area contributed by atoms with Crippen LogP contribution in [0.5, 0.6) is 0 Å². The summed E-state index contributed by atoms with van der Waals surface area (Å²) in [5.74, 6) is 0. The number of hydrogen-bond donors (Lipinski definition) is 0. The van der Waals surface area contributed by atoms with E-state index in [9.17, 15) is 0 Å². The van der Waals surface area contributed by atoms with Gasteiger partial charge in [0.15, 0.2) is 0 Å². The first-order chi connectivity index (χ1) is 28.2. The molecule has 0 saturated carbocycles. The van der Waals surface area contributed by atoms with E-state index in [1.807, 2.05) is 23.5 Å². The van der Waals surface area contributed by atoms with Gasteiger partial charge >= 0.3 is 0 Å². The molecular formula is C54H30O2S. The molecule has 2 nitrogen and oxygen atoms in total. The molecule has 0 radical (unpaired) electrons. The molecule has 3 aromatic heterocycles. The lowest BCUT2D eigenvalue weighted by Crippen LogP contribution is -1.91. The van der Waals surface area contributed by atoms with Crippen molar-refractivity contribution in [1.82, 2.24) is 0 Å². The van der Waals surface area contributed by atoms with Crippen LogP contribution >= 0.6 is 11.3 Å². The topological polar surface area (TPSA) is 26.3 Å². The second kappa shape index (κ2) is 11.7. The van der Waals surface area contributed by atoms with Gasteiger partial charge in [0.25, 0.3) is 0 Å². The summed E-state index contributed by atoms with van der Waals surface area (Å²) in [5, 5.41) is 14.4. The second-order valence-electron chi connectivity index (χ2n) is 15.1. The van der Waals surface area contributed by atoms with Crippen LogP contribution in [0.2, 0.25) is 0 Å². The van der Waals surface area contributed by atoms with Crippen LogP contribution in [-0.4, -0.2) is 0 Å². The van der Waals surface area contributed by atoms with Crippen molar-refractivity contribution in [3.63, 3.8) is 0 Å². The molecule has 0 unspecified atom stereocenters. The number of thiophene rings is 1. The van der Waals surface area contributed by atoms with Gasteiger partial charge in [-0.15, -0.1) is 11.3 Å². The first kappa shape index (κ1) is 31.1. The summed E-state index contributed by atoms with van der Waals surface area (Å²) in [7, 11) is 0. The summed E-state index contributed by atoms with van der Waals surface area (Å²) >= 11 is 1.87. The number of rotatable bonds is 3. The molecule has 13 rings (SSSR count). The Hall–Kier alpha value is -7.20. The van der Waals surface area contributed by atoms with Crippen molar-refractivity contribution in [2.24, 2.45) is 0 Å². The Labute approximate surface area is 330 Å². The van der Waals surface area contributed by atoms with Gasteiger partial charge in [-0.05, 0) is 108 Å². The molecule has 3 heteroatoms. The highest BCUT2D eigenvalue weighted by Crippen LogP contribution is 2.47. The second-order valence-corrected chi connectivity index (χ2v) is 16.2. The standard InChI is InChI=1S/C54H30O2S/c1-2-14-37-34(11-1)42(28-49-54(37)45-30-47-43(29-48(45)56-49)35-12-7-9-19-46(35)55-47)31-21-23-32(24-22-31)52-38-15-3-5-17-40(38)53(41-18-6-4-16-39(41)52)33-25-26-51-44(27-33)36-13-8-10-20-50(36)57-51/h1-30H. The Bertz CT molecular complexity index is 3750. The van der Waals surface area contributed by atoms with Gasteiger partial charge < -0.3 is 8.83 Å². The fourth-order valence-electron chi connectivity index (χ4n) is 9.55. The maximum absolute atomic E-state index is 6.69. The molecule has 3 heterocycles. The van der Waals surface area contributed by atoms with Crippen LogP contribution in [0.1, 0.15) is 0 Å². The smallest absolute Gasteiger partial charge is 0.136 e. The van der Waals surface area contributed by atoms with Crippen LogP contribution < -0.4 is 0 Å². The fourth-order valence-corrected chi connectivity index (χ4v) is 10.6. The largest absolute Gasteiger partial charge is 0.456 e. The number of hydrogen-bond acceptors (Lipinski definition) is 3. The molecule has 0 spiro atoms. The van der Waals surface area contributed by atoms with Crippen LogP contribution in [0.4, 0.5) is 0 Å². The van der Waals surface area contributed by atoms with Gasteiger partial charge in [-0.1, -0.05) is 140 Å². The van der Waals surface area contributed by atoms with E-state index in [-0.39, 0.29) is 0 Å². The average molecular weight is 743 g/mol. The number of furan rings is 2. The Morgan fingerprint density at radius 1 is 0.281 bits per heavy atom. The number of para-hydroxylation sites is 1. The zero-order valence-electron chi connectivity index (χ0n) is 30.5. The van der Waals surface area contributed by atoms with E-state index >= 15 is 0 Å². The summed E-state index contributed by atoms with van der Waals surface area (Å²) < 4.78 is 15.6. The van der Waals surface area contributed by atoms with Gasteiger partial charge in [0.1, 0.15) is 22.3 Å². The minimum atomic E-state index is 0.868. The Morgan fingerprint density at radius 2 is 0.789 bits per heavy atom. The first-order valence-electron chi connectivity index (χ1n) is 19.4. The summed E-state index contributed by atoms with van der Waals surface area (Å²) in [5.41, 5.74) is 10.8. The van der Waals surface area contributed by atoms with Gasteiger partial charge in [-0.3, -0.25) is 0 Å². The molecule has 0 fully saturated rings.